The van der Waals surface area contributed by atoms with Crippen LogP contribution in [0.25, 0.3) is 5.70 Å². The van der Waals surface area contributed by atoms with E-state index in [4.69, 9.17) is 16.3 Å². The molecule has 0 fully saturated rings. The minimum Gasteiger partial charge on any atom is -0.463 e. The Balaban J connectivity index is 1.78. The molecule has 0 aromatic heterocycles. The summed E-state index contributed by atoms with van der Waals surface area (Å²) in [5, 5.41) is 6.42. The first-order valence-corrected chi connectivity index (χ1v) is 13.0. The summed E-state index contributed by atoms with van der Waals surface area (Å²) in [4.78, 5) is 41.3. The highest BCUT2D eigenvalue weighted by atomic mass is 35.5. The van der Waals surface area contributed by atoms with Crippen molar-refractivity contribution >= 4 is 40.9 Å². The lowest BCUT2D eigenvalue weighted by Gasteiger charge is -2.37. The molecule has 1 aliphatic rings. The molecule has 4 rings (SSSR count). The molecule has 0 saturated carbocycles. The standard InChI is InChI=1S/C30H30ClN3O4/c1-3-5-18-34-27(20-10-7-6-8-11-20)25(29(36)38-4-2)26(33-30(34)37)22-12-9-13-24(19-22)32-28(35)21-14-16-23(31)17-15-21/h6-17,19,26H,3-5,18H2,1-2H3,(H,32,35)(H,33,37)/t26-/m1/s1. The molecule has 8 heteroatoms. The zero-order valence-electron chi connectivity index (χ0n) is 21.4. The lowest BCUT2D eigenvalue weighted by Crippen LogP contribution is -2.48. The summed E-state index contributed by atoms with van der Waals surface area (Å²) in [6.45, 7) is 4.45. The fourth-order valence-electron chi connectivity index (χ4n) is 4.37. The smallest absolute Gasteiger partial charge is 0.338 e. The lowest BCUT2D eigenvalue weighted by atomic mass is 9.91. The molecular formula is C30H30ClN3O4. The van der Waals surface area contributed by atoms with E-state index >= 15 is 0 Å². The number of anilines is 1. The average molecular weight is 532 g/mol. The normalized spacial score (nSPS) is 15.2. The lowest BCUT2D eigenvalue weighted by molar-refractivity contribution is -0.138. The van der Waals surface area contributed by atoms with Crippen LogP contribution in [-0.4, -0.2) is 36.0 Å². The van der Waals surface area contributed by atoms with Crippen molar-refractivity contribution in [2.45, 2.75) is 32.7 Å². The Hall–Kier alpha value is -4.10. The number of carbonyl (C=O) groups is 3. The van der Waals surface area contributed by atoms with Crippen LogP contribution in [0.2, 0.25) is 5.02 Å². The summed E-state index contributed by atoms with van der Waals surface area (Å²) in [5.74, 6) is -0.808. The summed E-state index contributed by atoms with van der Waals surface area (Å²) >= 11 is 5.94. The molecule has 0 saturated heterocycles. The Morgan fingerprint density at radius 3 is 2.42 bits per heavy atom. The highest BCUT2D eigenvalue weighted by Crippen LogP contribution is 2.37. The minimum absolute atomic E-state index is 0.192. The predicted octanol–water partition coefficient (Wildman–Crippen LogP) is 6.43. The number of ether oxygens (including phenoxy) is 1. The summed E-state index contributed by atoms with van der Waals surface area (Å²) < 4.78 is 5.48. The number of nitrogens with zero attached hydrogens (tertiary/aromatic N) is 1. The molecule has 3 aromatic carbocycles. The maximum absolute atomic E-state index is 13.4. The Bertz CT molecular complexity index is 1340. The van der Waals surface area contributed by atoms with Gasteiger partial charge in [-0.3, -0.25) is 9.69 Å². The van der Waals surface area contributed by atoms with Crippen LogP contribution in [0.4, 0.5) is 10.5 Å². The van der Waals surface area contributed by atoms with Gasteiger partial charge in [0.1, 0.15) is 0 Å². The van der Waals surface area contributed by atoms with Crippen molar-refractivity contribution in [2.24, 2.45) is 0 Å². The van der Waals surface area contributed by atoms with Crippen molar-refractivity contribution in [3.63, 3.8) is 0 Å². The van der Waals surface area contributed by atoms with E-state index in [1.807, 2.05) is 43.3 Å². The van der Waals surface area contributed by atoms with E-state index in [0.717, 1.165) is 18.4 Å². The monoisotopic (exact) mass is 531 g/mol. The van der Waals surface area contributed by atoms with Gasteiger partial charge in [0.05, 0.1) is 23.9 Å². The van der Waals surface area contributed by atoms with E-state index in [0.29, 0.717) is 39.7 Å². The van der Waals surface area contributed by atoms with Crippen molar-refractivity contribution in [3.8, 4) is 0 Å². The summed E-state index contributed by atoms with van der Waals surface area (Å²) in [7, 11) is 0. The van der Waals surface area contributed by atoms with Gasteiger partial charge < -0.3 is 15.4 Å². The van der Waals surface area contributed by atoms with E-state index in [-0.39, 0.29) is 18.5 Å². The zero-order chi connectivity index (χ0) is 27.1. The van der Waals surface area contributed by atoms with E-state index in [1.165, 1.54) is 0 Å². The molecule has 1 aliphatic heterocycles. The molecular weight excluding hydrogens is 502 g/mol. The third kappa shape index (κ3) is 6.06. The summed E-state index contributed by atoms with van der Waals surface area (Å²) in [5.41, 5.74) is 3.24. The number of amides is 3. The van der Waals surface area contributed by atoms with Crippen LogP contribution in [0.5, 0.6) is 0 Å². The number of halogens is 1. The molecule has 38 heavy (non-hydrogen) atoms. The number of carbonyl (C=O) groups excluding carboxylic acids is 3. The molecule has 3 aromatic rings. The molecule has 2 N–H and O–H groups in total. The van der Waals surface area contributed by atoms with Crippen molar-refractivity contribution < 1.29 is 19.1 Å². The Labute approximate surface area is 227 Å². The van der Waals surface area contributed by atoms with Gasteiger partial charge in [-0.05, 0) is 60.9 Å². The van der Waals surface area contributed by atoms with Gasteiger partial charge in [0, 0.05) is 22.8 Å². The first kappa shape index (κ1) is 26.9. The molecule has 0 radical (unpaired) electrons. The second-order valence-corrected chi connectivity index (χ2v) is 9.26. The van der Waals surface area contributed by atoms with Gasteiger partial charge in [-0.2, -0.15) is 0 Å². The minimum atomic E-state index is -0.776. The predicted molar refractivity (Wildman–Crippen MR) is 149 cm³/mol. The van der Waals surface area contributed by atoms with E-state index in [2.05, 4.69) is 10.6 Å². The molecule has 1 atom stereocenters. The van der Waals surface area contributed by atoms with Crippen LogP contribution in [0.3, 0.4) is 0 Å². The topological polar surface area (TPSA) is 87.7 Å². The van der Waals surface area contributed by atoms with Crippen LogP contribution >= 0.6 is 11.6 Å². The quantitative estimate of drug-likeness (QED) is 0.311. The maximum atomic E-state index is 13.4. The number of urea groups is 1. The molecule has 7 nitrogen and oxygen atoms in total. The highest BCUT2D eigenvalue weighted by Gasteiger charge is 2.38. The van der Waals surface area contributed by atoms with Crippen molar-refractivity contribution in [2.75, 3.05) is 18.5 Å². The summed E-state index contributed by atoms with van der Waals surface area (Å²) in [6, 6.07) is 22.0. The fourth-order valence-corrected chi connectivity index (χ4v) is 4.49. The molecule has 0 aliphatic carbocycles. The van der Waals surface area contributed by atoms with Gasteiger partial charge in [-0.1, -0.05) is 67.4 Å². The van der Waals surface area contributed by atoms with Gasteiger partial charge in [-0.15, -0.1) is 0 Å². The van der Waals surface area contributed by atoms with Crippen molar-refractivity contribution in [1.82, 2.24) is 10.2 Å². The van der Waals surface area contributed by atoms with E-state index < -0.39 is 12.0 Å². The molecule has 196 valence electrons. The number of hydrogen-bond acceptors (Lipinski definition) is 4. The highest BCUT2D eigenvalue weighted by molar-refractivity contribution is 6.30. The van der Waals surface area contributed by atoms with E-state index in [1.54, 1.807) is 54.3 Å². The Morgan fingerprint density at radius 1 is 1.00 bits per heavy atom. The maximum Gasteiger partial charge on any atom is 0.338 e. The van der Waals surface area contributed by atoms with Gasteiger partial charge in [0.2, 0.25) is 0 Å². The van der Waals surface area contributed by atoms with Gasteiger partial charge in [0.15, 0.2) is 0 Å². The average Bonchev–Trinajstić information content (AvgIpc) is 2.93. The number of rotatable bonds is 9. The van der Waals surface area contributed by atoms with Crippen LogP contribution < -0.4 is 10.6 Å². The van der Waals surface area contributed by atoms with Gasteiger partial charge in [-0.25, -0.2) is 9.59 Å². The zero-order valence-corrected chi connectivity index (χ0v) is 22.1. The number of hydrogen-bond donors (Lipinski definition) is 2. The Morgan fingerprint density at radius 2 is 1.74 bits per heavy atom. The van der Waals surface area contributed by atoms with E-state index in [9.17, 15) is 14.4 Å². The third-order valence-corrected chi connectivity index (χ3v) is 6.44. The van der Waals surface area contributed by atoms with Crippen LogP contribution in [-0.2, 0) is 9.53 Å². The largest absolute Gasteiger partial charge is 0.463 e. The molecule has 0 unspecified atom stereocenters. The first-order chi connectivity index (χ1) is 18.4. The summed E-state index contributed by atoms with van der Waals surface area (Å²) in [6.07, 6.45) is 1.66. The van der Waals surface area contributed by atoms with Gasteiger partial charge in [0.25, 0.3) is 5.91 Å². The second kappa shape index (κ2) is 12.4. The van der Waals surface area contributed by atoms with Gasteiger partial charge >= 0.3 is 12.0 Å². The number of benzene rings is 3. The molecule has 1 heterocycles. The number of nitrogens with one attached hydrogen (secondary N) is 2. The third-order valence-electron chi connectivity index (χ3n) is 6.19. The van der Waals surface area contributed by atoms with Crippen LogP contribution in [0.15, 0.2) is 84.4 Å². The fraction of sp³-hybridized carbons (Fsp3) is 0.233. The van der Waals surface area contributed by atoms with Crippen molar-refractivity contribution in [1.29, 1.82) is 0 Å². The SMILES string of the molecule is CCCCN1C(=O)N[C@H](c2cccc(NC(=O)c3ccc(Cl)cc3)c2)C(C(=O)OCC)=C1c1ccccc1. The van der Waals surface area contributed by atoms with Crippen LogP contribution in [0, 0.1) is 0 Å². The second-order valence-electron chi connectivity index (χ2n) is 8.82. The first-order valence-electron chi connectivity index (χ1n) is 12.6. The van der Waals surface area contributed by atoms with Crippen LogP contribution in [0.1, 0.15) is 54.2 Å². The Kier molecular flexibility index (Phi) is 8.81. The molecule has 0 bridgehead atoms. The number of unbranched alkanes of at least 4 members (excludes halogenated alkanes) is 1. The molecule has 3 amide bonds. The molecule has 0 spiro atoms. The van der Waals surface area contributed by atoms with Crippen molar-refractivity contribution in [3.05, 3.63) is 106 Å². The number of esters is 1.